The minimum absolute atomic E-state index is 0.00445. The van der Waals surface area contributed by atoms with Crippen LogP contribution in [0, 0.1) is 65.0 Å². The highest BCUT2D eigenvalue weighted by atomic mass is 31.2. The summed E-state index contributed by atoms with van der Waals surface area (Å²) in [7, 11) is 2.41. The Morgan fingerprint density at radius 1 is 0.506 bits per heavy atom. The monoisotopic (exact) mass is 1140 g/mol. The first-order chi connectivity index (χ1) is 34.0. The summed E-state index contributed by atoms with van der Waals surface area (Å²) in [6.07, 6.45) is -0.101. The van der Waals surface area contributed by atoms with Gasteiger partial charge in [0.2, 0.25) is 0 Å². The van der Waals surface area contributed by atoms with Crippen molar-refractivity contribution in [3.8, 4) is 0 Å². The number of phosphoric acid groups is 1. The summed E-state index contributed by atoms with van der Waals surface area (Å²) in [6, 6.07) is 0. The number of hydrogen-bond acceptors (Lipinski definition) is 15. The minimum atomic E-state index is -4.42. The molecule has 0 saturated carbocycles. The van der Waals surface area contributed by atoms with Gasteiger partial charge in [-0.05, 0) is 111 Å². The Hall–Kier alpha value is -1.99. The Morgan fingerprint density at radius 3 is 1.18 bits per heavy atom. The maximum Gasteiger partial charge on any atom is 0.539 e. The van der Waals surface area contributed by atoms with Gasteiger partial charge in [-0.1, -0.05) is 125 Å². The second-order valence-corrected chi connectivity index (χ2v) is 34.0. The first kappa shape index (κ1) is 75.0. The fourth-order valence-electron chi connectivity index (χ4n) is 11.2. The zero-order valence-electron chi connectivity index (χ0n) is 54.4. The average molecular weight is 1140 g/mol. The zero-order chi connectivity index (χ0) is 61.5. The molecule has 0 amide bonds. The molecule has 0 fully saturated rings. The van der Waals surface area contributed by atoms with Gasteiger partial charge in [-0.15, -0.1) is 0 Å². The Morgan fingerprint density at radius 2 is 0.844 bits per heavy atom. The molecule has 0 saturated heterocycles. The average Bonchev–Trinajstić information content (AvgIpc) is 3.24. The summed E-state index contributed by atoms with van der Waals surface area (Å²) < 4.78 is 64.4. The van der Waals surface area contributed by atoms with Crippen molar-refractivity contribution in [3.63, 3.8) is 0 Å². The van der Waals surface area contributed by atoms with Crippen LogP contribution in [0.3, 0.4) is 0 Å². The largest absolute Gasteiger partial charge is 0.539 e. The van der Waals surface area contributed by atoms with E-state index in [1.165, 1.54) is 21.3 Å². The Kier molecular flexibility index (Phi) is 25.4. The molecule has 0 aliphatic rings. The zero-order valence-corrected chi connectivity index (χ0v) is 56.3. The van der Waals surface area contributed by atoms with Crippen molar-refractivity contribution in [2.45, 2.75) is 198 Å². The number of carbonyl (C=O) groups excluding carboxylic acids is 4. The predicted molar refractivity (Wildman–Crippen MR) is 305 cm³/mol. The van der Waals surface area contributed by atoms with E-state index < -0.39 is 106 Å². The van der Waals surface area contributed by atoms with E-state index in [2.05, 4.69) is 41.5 Å². The van der Waals surface area contributed by atoms with Crippen LogP contribution >= 0.6 is 7.82 Å². The van der Waals surface area contributed by atoms with E-state index in [1.807, 2.05) is 132 Å². The molecule has 2 N–H and O–H groups in total. The van der Waals surface area contributed by atoms with Gasteiger partial charge in [-0.2, -0.15) is 0 Å². The van der Waals surface area contributed by atoms with E-state index in [1.54, 1.807) is 13.8 Å². The summed E-state index contributed by atoms with van der Waals surface area (Å²) in [6.45, 7) is 47.2. The number of aliphatic hydroxyl groups is 1. The van der Waals surface area contributed by atoms with E-state index in [9.17, 15) is 24.2 Å². The minimum Gasteiger partial charge on any atom is -0.466 e. The molecule has 6 atom stereocenters. The van der Waals surface area contributed by atoms with Gasteiger partial charge < -0.3 is 46.7 Å². The molecular weight excluding hydrogens is 1030 g/mol. The van der Waals surface area contributed by atoms with E-state index in [0.29, 0.717) is 17.4 Å². The van der Waals surface area contributed by atoms with Crippen LogP contribution in [-0.4, -0.2) is 142 Å². The SMILES string of the molecule is CCOC(=O)C(C)(CC(C)(C)C(C)(C)C(C)(CC(C)(C)C)C(=O)OCCOP(=O)(O)OCC[N+](C)(C)C)C(C)(C)C(C)(C)CC(C)(C(=O)OCC(C)O)C(C)(C)C(C)(C)CC(C)(C(=O)OC[Si](OC)(OC)OC)C(C)(C)C. The highest BCUT2D eigenvalue weighted by Gasteiger charge is 2.66. The molecule has 0 aromatic rings. The van der Waals surface area contributed by atoms with Crippen LogP contribution in [-0.2, 0) is 65.0 Å². The van der Waals surface area contributed by atoms with Crippen LogP contribution in [0.25, 0.3) is 0 Å². The quantitative estimate of drug-likeness (QED) is 0.0156. The standard InChI is InChI=1S/C58H114NO16PSi/c1-31-70-44(62)57(23,39-50(11,12)52(15,16)56(22,37-47(3,4)5)45(63)71-34-35-75-76(65,66)74-33-32-59(25,26)27)54(19,20)51(13,14)40-58(24,46(64)72-36-42(2)60)53(17,18)49(9,10)38-55(21,48(6,7)8)43(61)73-41-77(67-28,68-29)69-30/h42,60H,31-41H2,1-30H3/p+1. The molecule has 0 radical (unpaired) electrons. The molecule has 0 aliphatic carbocycles. The van der Waals surface area contributed by atoms with Crippen molar-refractivity contribution >= 4 is 40.5 Å². The lowest BCUT2D eigenvalue weighted by atomic mass is 9.41. The van der Waals surface area contributed by atoms with E-state index in [0.717, 1.165) is 0 Å². The summed E-state index contributed by atoms with van der Waals surface area (Å²) >= 11 is 0. The van der Waals surface area contributed by atoms with Gasteiger partial charge in [0.15, 0.2) is 6.23 Å². The lowest BCUT2D eigenvalue weighted by Gasteiger charge is -2.61. The molecule has 0 rings (SSSR count). The van der Waals surface area contributed by atoms with Gasteiger partial charge in [-0.3, -0.25) is 28.2 Å². The van der Waals surface area contributed by atoms with Gasteiger partial charge >= 0.3 is 40.5 Å². The second-order valence-electron chi connectivity index (χ2n) is 29.7. The van der Waals surface area contributed by atoms with Gasteiger partial charge in [-0.25, -0.2) is 4.57 Å². The molecular formula is C58H115NO16PSi+. The number of esters is 4. The number of nitrogens with zero attached hydrogens (tertiary/aromatic N) is 1. The maximum atomic E-state index is 15.2. The van der Waals surface area contributed by atoms with Crippen molar-refractivity contribution < 1.29 is 79.5 Å². The first-order valence-electron chi connectivity index (χ1n) is 27.5. The van der Waals surface area contributed by atoms with E-state index in [4.69, 9.17) is 41.3 Å². The molecule has 456 valence electrons. The van der Waals surface area contributed by atoms with Gasteiger partial charge in [0.1, 0.15) is 26.4 Å². The van der Waals surface area contributed by atoms with Crippen molar-refractivity contribution in [2.75, 3.05) is 88.3 Å². The number of phosphoric ester groups is 1. The number of aliphatic hydroxyl groups excluding tert-OH is 1. The van der Waals surface area contributed by atoms with Crippen LogP contribution < -0.4 is 0 Å². The third kappa shape index (κ3) is 17.5. The third-order valence-electron chi connectivity index (χ3n) is 19.6. The Balaban J connectivity index is 7.89. The van der Waals surface area contributed by atoms with Crippen molar-refractivity contribution in [3.05, 3.63) is 0 Å². The lowest BCUT2D eigenvalue weighted by Crippen LogP contribution is -2.60. The molecule has 0 aromatic carbocycles. The molecule has 0 spiro atoms. The van der Waals surface area contributed by atoms with Crippen molar-refractivity contribution in [1.29, 1.82) is 0 Å². The van der Waals surface area contributed by atoms with Crippen LogP contribution in [0.4, 0.5) is 0 Å². The smallest absolute Gasteiger partial charge is 0.466 e. The molecule has 77 heavy (non-hydrogen) atoms. The molecule has 0 bridgehead atoms. The van der Waals surface area contributed by atoms with Crippen LogP contribution in [0.15, 0.2) is 0 Å². The molecule has 19 heteroatoms. The van der Waals surface area contributed by atoms with Crippen molar-refractivity contribution in [2.24, 2.45) is 65.0 Å². The summed E-state index contributed by atoms with van der Waals surface area (Å²) in [5.74, 6) is -1.96. The fourth-order valence-corrected chi connectivity index (χ4v) is 13.1. The normalized spacial score (nSPS) is 18.4. The fraction of sp³-hybridized carbons (Fsp3) is 0.931. The van der Waals surface area contributed by atoms with Gasteiger partial charge in [0.25, 0.3) is 0 Å². The first-order valence-corrected chi connectivity index (χ1v) is 30.9. The van der Waals surface area contributed by atoms with Crippen LogP contribution in [0.5, 0.6) is 0 Å². The number of hydrogen-bond donors (Lipinski definition) is 2. The molecule has 0 aliphatic heterocycles. The second kappa shape index (κ2) is 26.1. The molecule has 6 unspecified atom stereocenters. The Bertz CT molecular complexity index is 2000. The molecule has 0 aromatic heterocycles. The summed E-state index contributed by atoms with van der Waals surface area (Å²) in [5, 5.41) is 10.5. The lowest BCUT2D eigenvalue weighted by molar-refractivity contribution is -0.870. The van der Waals surface area contributed by atoms with E-state index >= 15 is 9.59 Å². The topological polar surface area (TPSA) is 209 Å². The van der Waals surface area contributed by atoms with Crippen LogP contribution in [0.2, 0.25) is 0 Å². The highest BCUT2D eigenvalue weighted by Crippen LogP contribution is 2.68. The van der Waals surface area contributed by atoms with Gasteiger partial charge in [0.05, 0.1) is 62.1 Å². The Labute approximate surface area is 469 Å². The number of rotatable bonds is 33. The predicted octanol–water partition coefficient (Wildman–Crippen LogP) is 11.7. The highest BCUT2D eigenvalue weighted by molar-refractivity contribution is 7.47. The number of ether oxygens (including phenoxy) is 4. The number of carbonyl (C=O) groups is 4. The molecule has 17 nitrogen and oxygen atoms in total. The van der Waals surface area contributed by atoms with E-state index in [-0.39, 0.29) is 63.9 Å². The van der Waals surface area contributed by atoms with Gasteiger partial charge in [0, 0.05) is 21.3 Å². The maximum absolute atomic E-state index is 15.2. The summed E-state index contributed by atoms with van der Waals surface area (Å²) in [5.41, 5.74) is -11.4. The summed E-state index contributed by atoms with van der Waals surface area (Å²) in [4.78, 5) is 70.0. The number of likely N-dealkylation sites (N-methyl/N-ethyl adjacent to an activating group) is 1. The third-order valence-corrected chi connectivity index (χ3v) is 23.0. The van der Waals surface area contributed by atoms with Crippen LogP contribution in [0.1, 0.15) is 192 Å². The van der Waals surface area contributed by atoms with Crippen molar-refractivity contribution in [1.82, 2.24) is 0 Å². The molecule has 0 heterocycles. The number of quaternary nitrogens is 1.